The van der Waals surface area contributed by atoms with E-state index in [0.717, 1.165) is 0 Å². The summed E-state index contributed by atoms with van der Waals surface area (Å²) < 4.78 is 0. The molecule has 0 heterocycles. The maximum atomic E-state index is 11.1. The van der Waals surface area contributed by atoms with Gasteiger partial charge in [-0.3, -0.25) is 4.79 Å². The number of amides is 1. The molecule has 0 bridgehead atoms. The van der Waals surface area contributed by atoms with Crippen molar-refractivity contribution in [1.82, 2.24) is 5.32 Å². The Labute approximate surface area is 90.1 Å². The molecule has 0 rings (SSSR count). The Morgan fingerprint density at radius 3 is 2.47 bits per heavy atom. The molecule has 78 valence electrons. The van der Waals surface area contributed by atoms with Crippen LogP contribution in [0.25, 0.3) is 0 Å². The summed E-state index contributed by atoms with van der Waals surface area (Å²) in [5, 5.41) is 10.9. The molecule has 0 aliphatic carbocycles. The van der Waals surface area contributed by atoms with Gasteiger partial charge >= 0.3 is 0 Å². The van der Waals surface area contributed by atoms with Crippen molar-refractivity contribution in [1.29, 1.82) is 5.26 Å². The highest BCUT2D eigenvalue weighted by molar-refractivity contribution is 5.93. The van der Waals surface area contributed by atoms with Gasteiger partial charge in [0.15, 0.2) is 0 Å². The van der Waals surface area contributed by atoms with Crippen LogP contribution in [0.5, 0.6) is 0 Å². The first-order chi connectivity index (χ1) is 7.01. The summed E-state index contributed by atoms with van der Waals surface area (Å²) >= 11 is 0. The monoisotopic (exact) mass is 202 g/mol. The lowest BCUT2D eigenvalue weighted by atomic mass is 10.1. The lowest BCUT2D eigenvalue weighted by molar-refractivity contribution is -0.116. The molecule has 0 fully saturated rings. The summed E-state index contributed by atoms with van der Waals surface area (Å²) in [4.78, 5) is 11.1. The normalized spacial score (nSPS) is 10.9. The standard InChI is InChI=1S/C12H14N2O/c1-9(5-6-10(2)8-13)7-11(3)12(15)14-4/h5-7H,1-2H2,3-4H3,(H,14,15)/b6-5-,11-7-. The van der Waals surface area contributed by atoms with Gasteiger partial charge in [-0.1, -0.05) is 19.2 Å². The van der Waals surface area contributed by atoms with Crippen LogP contribution in [0.15, 0.2) is 48.1 Å². The fourth-order valence-electron chi connectivity index (χ4n) is 0.834. The van der Waals surface area contributed by atoms with Crippen molar-refractivity contribution < 1.29 is 4.79 Å². The fraction of sp³-hybridized carbons (Fsp3) is 0.167. The zero-order chi connectivity index (χ0) is 11.8. The average molecular weight is 202 g/mol. The van der Waals surface area contributed by atoms with Crippen molar-refractivity contribution in [3.8, 4) is 6.07 Å². The van der Waals surface area contributed by atoms with Crippen LogP contribution in [0.4, 0.5) is 0 Å². The van der Waals surface area contributed by atoms with Crippen molar-refractivity contribution in [2.75, 3.05) is 7.05 Å². The van der Waals surface area contributed by atoms with E-state index in [-0.39, 0.29) is 5.91 Å². The van der Waals surface area contributed by atoms with E-state index in [1.807, 2.05) is 6.07 Å². The summed E-state index contributed by atoms with van der Waals surface area (Å²) in [7, 11) is 1.57. The number of carbonyl (C=O) groups is 1. The van der Waals surface area contributed by atoms with E-state index in [0.29, 0.717) is 16.7 Å². The third-order valence-electron chi connectivity index (χ3n) is 1.63. The fourth-order valence-corrected chi connectivity index (χ4v) is 0.834. The summed E-state index contributed by atoms with van der Waals surface area (Å²) in [6, 6.07) is 1.89. The number of nitrogens with zero attached hydrogens (tertiary/aromatic N) is 1. The number of carbonyl (C=O) groups excluding carboxylic acids is 1. The first-order valence-corrected chi connectivity index (χ1v) is 4.37. The van der Waals surface area contributed by atoms with Crippen LogP contribution in [-0.4, -0.2) is 13.0 Å². The highest BCUT2D eigenvalue weighted by Crippen LogP contribution is 2.03. The van der Waals surface area contributed by atoms with Crippen molar-refractivity contribution in [3.63, 3.8) is 0 Å². The van der Waals surface area contributed by atoms with Crippen LogP contribution in [0.3, 0.4) is 0 Å². The van der Waals surface area contributed by atoms with Gasteiger partial charge in [-0.15, -0.1) is 0 Å². The minimum absolute atomic E-state index is 0.149. The molecule has 0 radical (unpaired) electrons. The number of likely N-dealkylation sites (N-methyl/N-ethyl adjacent to an activating group) is 1. The minimum atomic E-state index is -0.149. The zero-order valence-corrected chi connectivity index (χ0v) is 9.00. The van der Waals surface area contributed by atoms with Crippen LogP contribution in [-0.2, 0) is 4.79 Å². The molecular weight excluding hydrogens is 188 g/mol. The molecule has 0 atom stereocenters. The van der Waals surface area contributed by atoms with Gasteiger partial charge in [0.25, 0.3) is 0 Å². The van der Waals surface area contributed by atoms with Gasteiger partial charge in [0.1, 0.15) is 0 Å². The van der Waals surface area contributed by atoms with Gasteiger partial charge in [-0.25, -0.2) is 0 Å². The first kappa shape index (κ1) is 12.9. The summed E-state index contributed by atoms with van der Waals surface area (Å²) in [5.41, 5.74) is 1.56. The quantitative estimate of drug-likeness (QED) is 0.430. The molecule has 15 heavy (non-hydrogen) atoms. The summed E-state index contributed by atoms with van der Waals surface area (Å²) in [6.45, 7) is 8.90. The van der Waals surface area contributed by atoms with E-state index in [2.05, 4.69) is 18.5 Å². The molecule has 0 unspecified atom stereocenters. The molecule has 1 N–H and O–H groups in total. The largest absolute Gasteiger partial charge is 0.355 e. The molecule has 0 aliphatic heterocycles. The van der Waals surface area contributed by atoms with Gasteiger partial charge in [-0.05, 0) is 24.6 Å². The minimum Gasteiger partial charge on any atom is -0.355 e. The van der Waals surface area contributed by atoms with Crippen molar-refractivity contribution in [2.45, 2.75) is 6.92 Å². The van der Waals surface area contributed by atoms with Gasteiger partial charge < -0.3 is 5.32 Å². The highest BCUT2D eigenvalue weighted by atomic mass is 16.1. The lowest BCUT2D eigenvalue weighted by Gasteiger charge is -1.98. The van der Waals surface area contributed by atoms with E-state index >= 15 is 0 Å². The van der Waals surface area contributed by atoms with Crippen LogP contribution in [0.2, 0.25) is 0 Å². The molecular formula is C12H14N2O. The number of nitrogens with one attached hydrogen (secondary N) is 1. The van der Waals surface area contributed by atoms with Crippen molar-refractivity contribution in [3.05, 3.63) is 48.1 Å². The maximum Gasteiger partial charge on any atom is 0.246 e. The van der Waals surface area contributed by atoms with Crippen LogP contribution in [0.1, 0.15) is 6.92 Å². The number of rotatable bonds is 4. The number of hydrogen-bond donors (Lipinski definition) is 1. The second-order valence-corrected chi connectivity index (χ2v) is 2.95. The summed E-state index contributed by atoms with van der Waals surface area (Å²) in [6.07, 6.45) is 4.83. The predicted octanol–water partition coefficient (Wildman–Crippen LogP) is 1.87. The van der Waals surface area contributed by atoms with E-state index in [1.165, 1.54) is 0 Å². The third-order valence-corrected chi connectivity index (χ3v) is 1.63. The van der Waals surface area contributed by atoms with E-state index in [4.69, 9.17) is 5.26 Å². The lowest BCUT2D eigenvalue weighted by Crippen LogP contribution is -2.18. The zero-order valence-electron chi connectivity index (χ0n) is 9.00. The molecule has 1 amide bonds. The number of nitriles is 1. The van der Waals surface area contributed by atoms with E-state index < -0.39 is 0 Å². The van der Waals surface area contributed by atoms with Gasteiger partial charge in [0.2, 0.25) is 5.91 Å². The Morgan fingerprint density at radius 2 is 2.00 bits per heavy atom. The van der Waals surface area contributed by atoms with Crippen molar-refractivity contribution >= 4 is 5.91 Å². The van der Waals surface area contributed by atoms with Crippen molar-refractivity contribution in [2.24, 2.45) is 0 Å². The molecule has 0 aliphatic rings. The first-order valence-electron chi connectivity index (χ1n) is 4.37. The SMILES string of the molecule is C=C(C#N)/C=C\C(=C)/C=C(/C)C(=O)NC. The molecule has 3 nitrogen and oxygen atoms in total. The van der Waals surface area contributed by atoms with Crippen LogP contribution in [0, 0.1) is 11.3 Å². The Hall–Kier alpha value is -2.08. The Kier molecular flexibility index (Phi) is 5.50. The molecule has 0 aromatic rings. The van der Waals surface area contributed by atoms with E-state index in [9.17, 15) is 4.79 Å². The van der Waals surface area contributed by atoms with Crippen LogP contribution < -0.4 is 5.32 Å². The Morgan fingerprint density at radius 1 is 1.40 bits per heavy atom. The molecule has 0 spiro atoms. The third kappa shape index (κ3) is 5.27. The number of hydrogen-bond acceptors (Lipinski definition) is 2. The average Bonchev–Trinajstić information content (AvgIpc) is 2.24. The molecule has 0 saturated heterocycles. The second kappa shape index (κ2) is 6.39. The number of allylic oxidation sites excluding steroid dienone is 5. The van der Waals surface area contributed by atoms with E-state index in [1.54, 1.807) is 32.2 Å². The Bertz CT molecular complexity index is 381. The Balaban J connectivity index is 4.51. The van der Waals surface area contributed by atoms with Gasteiger partial charge in [0, 0.05) is 18.2 Å². The molecule has 3 heteroatoms. The molecule has 0 aromatic carbocycles. The highest BCUT2D eigenvalue weighted by Gasteiger charge is 1.99. The molecule has 0 saturated carbocycles. The predicted molar refractivity (Wildman–Crippen MR) is 60.9 cm³/mol. The topological polar surface area (TPSA) is 52.9 Å². The molecule has 0 aromatic heterocycles. The smallest absolute Gasteiger partial charge is 0.246 e. The summed E-state index contributed by atoms with van der Waals surface area (Å²) in [5.74, 6) is -0.149. The second-order valence-electron chi connectivity index (χ2n) is 2.95. The maximum absolute atomic E-state index is 11.1. The van der Waals surface area contributed by atoms with Gasteiger partial charge in [-0.2, -0.15) is 5.26 Å². The van der Waals surface area contributed by atoms with Crippen LogP contribution >= 0.6 is 0 Å². The van der Waals surface area contributed by atoms with Gasteiger partial charge in [0.05, 0.1) is 6.07 Å².